The van der Waals surface area contributed by atoms with Crippen LogP contribution in [0, 0.1) is 0 Å². The summed E-state index contributed by atoms with van der Waals surface area (Å²) < 4.78 is 27.8. The van der Waals surface area contributed by atoms with Gasteiger partial charge in [0.25, 0.3) is 5.91 Å². The molecule has 0 fully saturated rings. The minimum Gasteiger partial charge on any atom is -0.497 e. The van der Waals surface area contributed by atoms with Crippen LogP contribution in [0.4, 0.5) is 0 Å². The molecule has 0 atom stereocenters. The lowest BCUT2D eigenvalue weighted by Crippen LogP contribution is -2.23. The molecule has 0 saturated carbocycles. The van der Waals surface area contributed by atoms with E-state index < -0.39 is 0 Å². The second-order valence-corrected chi connectivity index (χ2v) is 9.45. The Morgan fingerprint density at radius 2 is 1.68 bits per heavy atom. The molecule has 0 spiro atoms. The Morgan fingerprint density at radius 1 is 0.947 bits per heavy atom. The molecule has 5 rings (SSSR count). The monoisotopic (exact) mass is 516 g/mol. The standard InChI is InChI=1S/C30H32N2O6/c1-31(2)13-12-20-15-26-27(38-18-37-26)16-21(20)14-24-23-10-11-25(35-4)29(36-5)28(23)30(33)32(24)17-19-6-8-22(34-3)9-7-19/h6-11,14-16H,12-13,17-18H2,1-5H3/b24-14+. The van der Waals surface area contributed by atoms with E-state index in [0.29, 0.717) is 29.4 Å². The fourth-order valence-electron chi connectivity index (χ4n) is 4.81. The highest BCUT2D eigenvalue weighted by atomic mass is 16.7. The molecule has 198 valence electrons. The third-order valence-corrected chi connectivity index (χ3v) is 6.83. The Hall–Kier alpha value is -4.17. The Morgan fingerprint density at radius 3 is 2.34 bits per heavy atom. The summed E-state index contributed by atoms with van der Waals surface area (Å²) in [6, 6.07) is 15.5. The van der Waals surface area contributed by atoms with Gasteiger partial charge in [-0.1, -0.05) is 12.1 Å². The minimum absolute atomic E-state index is 0.145. The fraction of sp³-hybridized carbons (Fsp3) is 0.300. The molecule has 1 amide bonds. The predicted octanol–water partition coefficient (Wildman–Crippen LogP) is 4.70. The normalized spacial score (nSPS) is 14.8. The largest absolute Gasteiger partial charge is 0.497 e. The summed E-state index contributed by atoms with van der Waals surface area (Å²) in [4.78, 5) is 17.9. The molecular formula is C30H32N2O6. The maximum atomic E-state index is 13.9. The Labute approximate surface area is 222 Å². The summed E-state index contributed by atoms with van der Waals surface area (Å²) in [6.45, 7) is 1.45. The number of benzene rings is 3. The number of rotatable bonds is 9. The van der Waals surface area contributed by atoms with E-state index in [0.717, 1.165) is 52.4 Å². The van der Waals surface area contributed by atoms with Crippen molar-refractivity contribution in [1.29, 1.82) is 0 Å². The van der Waals surface area contributed by atoms with Crippen LogP contribution in [0.3, 0.4) is 0 Å². The summed E-state index contributed by atoms with van der Waals surface area (Å²) in [7, 11) is 8.85. The zero-order valence-electron chi connectivity index (χ0n) is 22.4. The number of hydrogen-bond acceptors (Lipinski definition) is 7. The third-order valence-electron chi connectivity index (χ3n) is 6.83. The number of hydrogen-bond donors (Lipinski definition) is 0. The average molecular weight is 517 g/mol. The van der Waals surface area contributed by atoms with Crippen LogP contribution < -0.4 is 23.7 Å². The first kappa shape index (κ1) is 25.5. The van der Waals surface area contributed by atoms with Gasteiger partial charge in [-0.25, -0.2) is 0 Å². The first-order chi connectivity index (χ1) is 18.4. The average Bonchev–Trinajstić information content (AvgIpc) is 3.49. The van der Waals surface area contributed by atoms with Gasteiger partial charge in [-0.2, -0.15) is 0 Å². The molecule has 0 bridgehead atoms. The molecule has 3 aromatic rings. The van der Waals surface area contributed by atoms with E-state index in [1.165, 1.54) is 0 Å². The number of carbonyl (C=O) groups excluding carboxylic acids is 1. The summed E-state index contributed by atoms with van der Waals surface area (Å²) in [5.41, 5.74) is 5.12. The van der Waals surface area contributed by atoms with Gasteiger partial charge in [0.05, 0.1) is 39.1 Å². The smallest absolute Gasteiger partial charge is 0.263 e. The van der Waals surface area contributed by atoms with Gasteiger partial charge < -0.3 is 33.5 Å². The summed E-state index contributed by atoms with van der Waals surface area (Å²) in [5.74, 6) is 3.00. The van der Waals surface area contributed by atoms with Crippen LogP contribution in [0.15, 0.2) is 48.5 Å². The fourth-order valence-corrected chi connectivity index (χ4v) is 4.81. The van der Waals surface area contributed by atoms with Crippen LogP contribution in [-0.2, 0) is 13.0 Å². The summed E-state index contributed by atoms with van der Waals surface area (Å²) in [6.07, 6.45) is 2.88. The van der Waals surface area contributed by atoms with Crippen molar-refractivity contribution in [2.75, 3.05) is 48.8 Å². The van der Waals surface area contributed by atoms with Crippen molar-refractivity contribution >= 4 is 17.7 Å². The Bertz CT molecular complexity index is 1380. The van der Waals surface area contributed by atoms with Crippen molar-refractivity contribution in [2.45, 2.75) is 13.0 Å². The van der Waals surface area contributed by atoms with E-state index in [9.17, 15) is 4.79 Å². The van der Waals surface area contributed by atoms with Crippen LogP contribution in [0.5, 0.6) is 28.7 Å². The highest BCUT2D eigenvalue weighted by Gasteiger charge is 2.37. The molecule has 2 aliphatic heterocycles. The highest BCUT2D eigenvalue weighted by Crippen LogP contribution is 2.45. The van der Waals surface area contributed by atoms with Crippen molar-refractivity contribution in [3.05, 3.63) is 76.3 Å². The molecule has 38 heavy (non-hydrogen) atoms. The molecule has 2 aliphatic rings. The van der Waals surface area contributed by atoms with E-state index in [4.69, 9.17) is 23.7 Å². The maximum absolute atomic E-state index is 13.9. The Balaban J connectivity index is 1.65. The molecule has 0 unspecified atom stereocenters. The van der Waals surface area contributed by atoms with E-state index in [-0.39, 0.29) is 12.7 Å². The van der Waals surface area contributed by atoms with Crippen LogP contribution in [0.2, 0.25) is 0 Å². The van der Waals surface area contributed by atoms with E-state index >= 15 is 0 Å². The number of fused-ring (bicyclic) bond motifs is 2. The van der Waals surface area contributed by atoms with Gasteiger partial charge in [-0.15, -0.1) is 0 Å². The number of amides is 1. The zero-order valence-corrected chi connectivity index (χ0v) is 22.4. The zero-order chi connectivity index (χ0) is 26.8. The lowest BCUT2D eigenvalue weighted by atomic mass is 9.99. The van der Waals surface area contributed by atoms with Gasteiger partial charge in [0.15, 0.2) is 23.0 Å². The highest BCUT2D eigenvalue weighted by molar-refractivity contribution is 6.14. The van der Waals surface area contributed by atoms with Crippen LogP contribution in [0.1, 0.15) is 32.6 Å². The summed E-state index contributed by atoms with van der Waals surface area (Å²) >= 11 is 0. The van der Waals surface area contributed by atoms with Crippen molar-refractivity contribution in [1.82, 2.24) is 9.80 Å². The number of ether oxygens (including phenoxy) is 5. The number of likely N-dealkylation sites (N-methyl/N-ethyl adjacent to an activating group) is 1. The Kier molecular flexibility index (Phi) is 7.15. The van der Waals surface area contributed by atoms with Gasteiger partial charge in [-0.3, -0.25) is 4.79 Å². The molecular weight excluding hydrogens is 484 g/mol. The number of carbonyl (C=O) groups is 1. The molecule has 0 aliphatic carbocycles. The molecule has 8 nitrogen and oxygen atoms in total. The van der Waals surface area contributed by atoms with Gasteiger partial charge in [0, 0.05) is 12.1 Å². The SMILES string of the molecule is COc1ccc(CN2C(=O)c3c(ccc(OC)c3OC)/C2=C\c2cc3c(cc2CCN(C)C)OCO3)cc1. The number of nitrogens with zero attached hydrogens (tertiary/aromatic N) is 2. The number of methoxy groups -OCH3 is 3. The van der Waals surface area contributed by atoms with Gasteiger partial charge in [0.2, 0.25) is 6.79 Å². The van der Waals surface area contributed by atoms with Crippen LogP contribution in [0.25, 0.3) is 11.8 Å². The lowest BCUT2D eigenvalue weighted by Gasteiger charge is -2.20. The van der Waals surface area contributed by atoms with Crippen molar-refractivity contribution < 1.29 is 28.5 Å². The van der Waals surface area contributed by atoms with Gasteiger partial charge >= 0.3 is 0 Å². The van der Waals surface area contributed by atoms with E-state index in [1.807, 2.05) is 62.6 Å². The molecule has 8 heteroatoms. The molecule has 0 aromatic heterocycles. The quantitative estimate of drug-likeness (QED) is 0.408. The van der Waals surface area contributed by atoms with Gasteiger partial charge in [0.1, 0.15) is 5.75 Å². The molecule has 0 radical (unpaired) electrons. The first-order valence-corrected chi connectivity index (χ1v) is 12.4. The summed E-state index contributed by atoms with van der Waals surface area (Å²) in [5, 5.41) is 0. The minimum atomic E-state index is -0.145. The second kappa shape index (κ2) is 10.7. The molecule has 0 N–H and O–H groups in total. The maximum Gasteiger partial charge on any atom is 0.263 e. The lowest BCUT2D eigenvalue weighted by molar-refractivity contribution is 0.0840. The van der Waals surface area contributed by atoms with Gasteiger partial charge in [-0.05, 0) is 79.7 Å². The van der Waals surface area contributed by atoms with E-state index in [2.05, 4.69) is 11.0 Å². The van der Waals surface area contributed by atoms with Crippen LogP contribution in [-0.4, -0.2) is 64.5 Å². The predicted molar refractivity (Wildman–Crippen MR) is 145 cm³/mol. The van der Waals surface area contributed by atoms with Crippen LogP contribution >= 0.6 is 0 Å². The molecule has 3 aromatic carbocycles. The third kappa shape index (κ3) is 4.75. The molecule has 2 heterocycles. The van der Waals surface area contributed by atoms with E-state index in [1.54, 1.807) is 26.2 Å². The topological polar surface area (TPSA) is 69.7 Å². The van der Waals surface area contributed by atoms with Crippen molar-refractivity contribution in [3.8, 4) is 28.7 Å². The van der Waals surface area contributed by atoms with Crippen molar-refractivity contribution in [2.24, 2.45) is 0 Å². The molecule has 0 saturated heterocycles. The second-order valence-electron chi connectivity index (χ2n) is 9.45. The first-order valence-electron chi connectivity index (χ1n) is 12.4. The van der Waals surface area contributed by atoms with Crippen molar-refractivity contribution in [3.63, 3.8) is 0 Å².